The molecule has 0 saturated carbocycles. The van der Waals surface area contributed by atoms with Gasteiger partial charge in [-0.05, 0) is 11.1 Å². The first kappa shape index (κ1) is 15.1. The molecule has 0 aliphatic carbocycles. The van der Waals surface area contributed by atoms with Gasteiger partial charge in [0.1, 0.15) is 0 Å². The number of rotatable bonds is 7. The van der Waals surface area contributed by atoms with E-state index in [0.29, 0.717) is 12.6 Å². The van der Waals surface area contributed by atoms with Gasteiger partial charge in [-0.2, -0.15) is 0 Å². The molecule has 4 nitrogen and oxygen atoms in total. The summed E-state index contributed by atoms with van der Waals surface area (Å²) in [7, 11) is -3.20. The Morgan fingerprint density at radius 1 is 1.22 bits per heavy atom. The molecule has 0 unspecified atom stereocenters. The maximum absolute atomic E-state index is 11.7. The van der Waals surface area contributed by atoms with Crippen LogP contribution in [0.25, 0.3) is 0 Å². The number of sulfonamides is 1. The van der Waals surface area contributed by atoms with Crippen LogP contribution in [0.3, 0.4) is 0 Å². The Balaban J connectivity index is 2.70. The first-order valence-electron chi connectivity index (χ1n) is 6.21. The van der Waals surface area contributed by atoms with Crippen LogP contribution in [0.15, 0.2) is 24.3 Å². The molecule has 0 saturated heterocycles. The fourth-order valence-corrected chi connectivity index (χ4v) is 2.80. The molecule has 0 heterocycles. The van der Waals surface area contributed by atoms with E-state index in [1.165, 1.54) is 0 Å². The molecular weight excluding hydrogens is 248 g/mol. The fourth-order valence-electron chi connectivity index (χ4n) is 1.64. The van der Waals surface area contributed by atoms with Crippen LogP contribution < -0.4 is 10.0 Å². The first-order valence-corrected chi connectivity index (χ1v) is 7.86. The van der Waals surface area contributed by atoms with Crippen molar-refractivity contribution in [2.45, 2.75) is 39.1 Å². The molecule has 102 valence electrons. The van der Waals surface area contributed by atoms with Crippen molar-refractivity contribution in [1.29, 1.82) is 0 Å². The summed E-state index contributed by atoms with van der Waals surface area (Å²) in [5.74, 6) is 0.0381. The summed E-state index contributed by atoms with van der Waals surface area (Å²) < 4.78 is 25.8. The fraction of sp³-hybridized carbons (Fsp3) is 0.538. The van der Waals surface area contributed by atoms with E-state index in [9.17, 15) is 8.42 Å². The van der Waals surface area contributed by atoms with Crippen molar-refractivity contribution >= 4 is 10.0 Å². The minimum atomic E-state index is -3.20. The van der Waals surface area contributed by atoms with Gasteiger partial charge in [-0.1, -0.05) is 45.0 Å². The molecular formula is C13H22N2O2S. The summed E-state index contributed by atoms with van der Waals surface area (Å²) >= 11 is 0. The van der Waals surface area contributed by atoms with Crippen molar-refractivity contribution in [2.24, 2.45) is 0 Å². The van der Waals surface area contributed by atoms with Crippen LogP contribution >= 0.6 is 0 Å². The van der Waals surface area contributed by atoms with Gasteiger partial charge >= 0.3 is 0 Å². The lowest BCUT2D eigenvalue weighted by Gasteiger charge is -2.10. The van der Waals surface area contributed by atoms with Crippen molar-refractivity contribution in [1.82, 2.24) is 10.0 Å². The largest absolute Gasteiger partial charge is 0.310 e. The van der Waals surface area contributed by atoms with E-state index < -0.39 is 10.0 Å². The molecule has 5 heteroatoms. The van der Waals surface area contributed by atoms with Crippen molar-refractivity contribution in [3.63, 3.8) is 0 Å². The standard InChI is InChI=1S/C13H22N2O2S/c1-4-15-18(16,17)10-13-7-5-6-12(8-13)9-14-11(2)3/h5-8,11,14-15H,4,9-10H2,1-3H3. The highest BCUT2D eigenvalue weighted by Crippen LogP contribution is 2.08. The zero-order chi connectivity index (χ0) is 13.6. The van der Waals surface area contributed by atoms with Crippen LogP contribution in [-0.4, -0.2) is 21.0 Å². The van der Waals surface area contributed by atoms with Gasteiger partial charge in [0.15, 0.2) is 0 Å². The Hall–Kier alpha value is -0.910. The van der Waals surface area contributed by atoms with Crippen molar-refractivity contribution in [2.75, 3.05) is 6.54 Å². The average Bonchev–Trinajstić information content (AvgIpc) is 2.26. The molecule has 0 aromatic heterocycles. The molecule has 0 radical (unpaired) electrons. The average molecular weight is 270 g/mol. The van der Waals surface area contributed by atoms with Gasteiger partial charge in [-0.3, -0.25) is 0 Å². The Bertz CT molecular complexity index is 470. The SMILES string of the molecule is CCNS(=O)(=O)Cc1cccc(CNC(C)C)c1. The van der Waals surface area contributed by atoms with Crippen molar-refractivity contribution < 1.29 is 8.42 Å². The predicted molar refractivity (Wildman–Crippen MR) is 74.7 cm³/mol. The van der Waals surface area contributed by atoms with Crippen LogP contribution in [0, 0.1) is 0 Å². The van der Waals surface area contributed by atoms with E-state index in [0.717, 1.165) is 17.7 Å². The van der Waals surface area contributed by atoms with Gasteiger partial charge < -0.3 is 5.32 Å². The van der Waals surface area contributed by atoms with Crippen molar-refractivity contribution in [3.05, 3.63) is 35.4 Å². The minimum absolute atomic E-state index is 0.0381. The molecule has 1 rings (SSSR count). The van der Waals surface area contributed by atoms with Crippen LogP contribution in [0.5, 0.6) is 0 Å². The normalized spacial score (nSPS) is 12.0. The summed E-state index contributed by atoms with van der Waals surface area (Å²) in [5, 5.41) is 3.31. The molecule has 0 amide bonds. The molecule has 18 heavy (non-hydrogen) atoms. The molecule has 0 aliphatic heterocycles. The second-order valence-corrected chi connectivity index (χ2v) is 6.42. The summed E-state index contributed by atoms with van der Waals surface area (Å²) in [6.07, 6.45) is 0. The van der Waals surface area contributed by atoms with E-state index in [1.54, 1.807) is 6.92 Å². The Kier molecular flexibility index (Phi) is 5.78. The van der Waals surface area contributed by atoms with Gasteiger partial charge in [0.25, 0.3) is 0 Å². The summed E-state index contributed by atoms with van der Waals surface area (Å²) in [4.78, 5) is 0. The molecule has 0 spiro atoms. The third-order valence-electron chi connectivity index (χ3n) is 2.43. The monoisotopic (exact) mass is 270 g/mol. The second kappa shape index (κ2) is 6.87. The number of nitrogens with one attached hydrogen (secondary N) is 2. The third-order valence-corrected chi connectivity index (χ3v) is 3.87. The Labute approximate surface area is 110 Å². The molecule has 0 aliphatic rings. The lowest BCUT2D eigenvalue weighted by molar-refractivity contribution is 0.582. The van der Waals surface area contributed by atoms with Crippen molar-refractivity contribution in [3.8, 4) is 0 Å². The van der Waals surface area contributed by atoms with Gasteiger partial charge in [0.05, 0.1) is 5.75 Å². The molecule has 0 atom stereocenters. The number of hydrogen-bond donors (Lipinski definition) is 2. The van der Waals surface area contributed by atoms with E-state index in [-0.39, 0.29) is 5.75 Å². The highest BCUT2D eigenvalue weighted by atomic mass is 32.2. The maximum atomic E-state index is 11.7. The number of benzene rings is 1. The first-order chi connectivity index (χ1) is 8.43. The summed E-state index contributed by atoms with van der Waals surface area (Å²) in [6.45, 7) is 7.13. The van der Waals surface area contributed by atoms with E-state index in [1.807, 2.05) is 24.3 Å². The van der Waals surface area contributed by atoms with Gasteiger partial charge in [0.2, 0.25) is 10.0 Å². The molecule has 0 fully saturated rings. The van der Waals surface area contributed by atoms with Crippen LogP contribution in [0.2, 0.25) is 0 Å². The van der Waals surface area contributed by atoms with Crippen LogP contribution in [0.1, 0.15) is 31.9 Å². The zero-order valence-electron chi connectivity index (χ0n) is 11.2. The smallest absolute Gasteiger partial charge is 0.215 e. The van der Waals surface area contributed by atoms with E-state index >= 15 is 0 Å². The van der Waals surface area contributed by atoms with Gasteiger partial charge in [0, 0.05) is 19.1 Å². The number of hydrogen-bond acceptors (Lipinski definition) is 3. The zero-order valence-corrected chi connectivity index (χ0v) is 12.0. The predicted octanol–water partition coefficient (Wildman–Crippen LogP) is 1.62. The van der Waals surface area contributed by atoms with Gasteiger partial charge in [-0.25, -0.2) is 13.1 Å². The lowest BCUT2D eigenvalue weighted by Crippen LogP contribution is -2.25. The summed E-state index contributed by atoms with van der Waals surface area (Å²) in [6, 6.07) is 8.09. The lowest BCUT2D eigenvalue weighted by atomic mass is 10.1. The molecule has 2 N–H and O–H groups in total. The molecule has 0 bridgehead atoms. The summed E-state index contributed by atoms with van der Waals surface area (Å²) in [5.41, 5.74) is 1.92. The second-order valence-electron chi connectivity index (χ2n) is 4.61. The molecule has 1 aromatic carbocycles. The maximum Gasteiger partial charge on any atom is 0.215 e. The third kappa shape index (κ3) is 5.62. The van der Waals surface area contributed by atoms with Gasteiger partial charge in [-0.15, -0.1) is 0 Å². The van der Waals surface area contributed by atoms with Crippen LogP contribution in [0.4, 0.5) is 0 Å². The highest BCUT2D eigenvalue weighted by Gasteiger charge is 2.10. The quantitative estimate of drug-likeness (QED) is 0.791. The molecule has 1 aromatic rings. The van der Waals surface area contributed by atoms with Crippen LogP contribution in [-0.2, 0) is 22.3 Å². The topological polar surface area (TPSA) is 58.2 Å². The minimum Gasteiger partial charge on any atom is -0.310 e. The Morgan fingerprint density at radius 2 is 1.89 bits per heavy atom. The highest BCUT2D eigenvalue weighted by molar-refractivity contribution is 7.88. The Morgan fingerprint density at radius 3 is 2.50 bits per heavy atom. The van der Waals surface area contributed by atoms with E-state index in [2.05, 4.69) is 23.9 Å². The van der Waals surface area contributed by atoms with E-state index in [4.69, 9.17) is 0 Å².